The van der Waals surface area contributed by atoms with Crippen LogP contribution >= 0.6 is 23.9 Å². The molecule has 0 aliphatic heterocycles. The minimum atomic E-state index is -0.970. The Kier molecular flexibility index (Phi) is 5.23. The molecule has 110 valence electrons. The molecule has 0 saturated carbocycles. The molecule has 2 aromatic rings. The van der Waals surface area contributed by atoms with Crippen molar-refractivity contribution in [3.63, 3.8) is 0 Å². The van der Waals surface area contributed by atoms with E-state index in [1.165, 1.54) is 36.0 Å². The Labute approximate surface area is 129 Å². The first-order valence-electron chi connectivity index (χ1n) is 5.82. The van der Waals surface area contributed by atoms with E-state index in [2.05, 4.69) is 15.4 Å². The van der Waals surface area contributed by atoms with E-state index < -0.39 is 5.97 Å². The van der Waals surface area contributed by atoms with E-state index in [0.717, 1.165) is 0 Å². The van der Waals surface area contributed by atoms with Crippen molar-refractivity contribution in [3.05, 3.63) is 47.8 Å². The summed E-state index contributed by atoms with van der Waals surface area (Å²) in [6.45, 7) is 0. The van der Waals surface area contributed by atoms with Gasteiger partial charge in [-0.1, -0.05) is 5.10 Å². The molecule has 1 aromatic carbocycles. The standard InChI is InChI=1S/C12H13N5O2S2/c1-20-16-7-8-17(21-2)12(16)14-15-13-10-5-3-9(4-6-10)11(18)19/h3-8H,1-2H3,(H,18,19)/b15-13+. The third kappa shape index (κ3) is 3.76. The summed E-state index contributed by atoms with van der Waals surface area (Å²) in [5.41, 5.74) is 1.41. The van der Waals surface area contributed by atoms with Gasteiger partial charge in [-0.3, -0.25) is 7.94 Å². The molecule has 1 heterocycles. The molecular weight excluding hydrogens is 310 g/mol. The Balaban J connectivity index is 2.23. The molecule has 9 heteroatoms. The molecule has 0 bridgehead atoms. The number of carboxylic acids is 1. The van der Waals surface area contributed by atoms with Crippen LogP contribution in [0.2, 0.25) is 0 Å². The lowest BCUT2D eigenvalue weighted by molar-refractivity contribution is 0.0697. The molecule has 21 heavy (non-hydrogen) atoms. The van der Waals surface area contributed by atoms with Gasteiger partial charge in [-0.25, -0.2) is 4.79 Å². The first-order valence-corrected chi connectivity index (χ1v) is 8.19. The van der Waals surface area contributed by atoms with Crippen LogP contribution in [0.3, 0.4) is 0 Å². The maximum absolute atomic E-state index is 10.7. The van der Waals surface area contributed by atoms with Crippen LogP contribution in [0.4, 0.5) is 5.69 Å². The van der Waals surface area contributed by atoms with Gasteiger partial charge in [0.2, 0.25) is 0 Å². The van der Waals surface area contributed by atoms with Crippen molar-refractivity contribution in [1.82, 2.24) is 7.94 Å². The molecule has 0 atom stereocenters. The van der Waals surface area contributed by atoms with Crippen molar-refractivity contribution in [2.24, 2.45) is 15.4 Å². The van der Waals surface area contributed by atoms with Crippen LogP contribution < -0.4 is 5.62 Å². The number of carboxylic acid groups (broad SMARTS) is 1. The van der Waals surface area contributed by atoms with E-state index in [1.807, 2.05) is 32.9 Å². The third-order valence-electron chi connectivity index (χ3n) is 2.53. The lowest BCUT2D eigenvalue weighted by atomic mass is 10.2. The normalized spacial score (nSPS) is 11.0. The van der Waals surface area contributed by atoms with Crippen molar-refractivity contribution >= 4 is 35.6 Å². The SMILES string of the molecule is CSn1ccn(SC)c1=N/N=N/c1ccc(C(=O)O)cc1. The van der Waals surface area contributed by atoms with Gasteiger partial charge in [-0.15, -0.1) is 5.11 Å². The summed E-state index contributed by atoms with van der Waals surface area (Å²) in [4.78, 5) is 10.7. The highest BCUT2D eigenvalue weighted by atomic mass is 32.2. The Morgan fingerprint density at radius 2 is 1.67 bits per heavy atom. The largest absolute Gasteiger partial charge is 0.478 e. The van der Waals surface area contributed by atoms with Gasteiger partial charge in [0, 0.05) is 24.9 Å². The number of aromatic nitrogens is 2. The summed E-state index contributed by atoms with van der Waals surface area (Å²) < 4.78 is 3.73. The fraction of sp³-hybridized carbons (Fsp3) is 0.167. The topological polar surface area (TPSA) is 84.2 Å². The second-order valence-corrected chi connectivity index (χ2v) is 5.27. The van der Waals surface area contributed by atoms with E-state index >= 15 is 0 Å². The number of aromatic carboxylic acids is 1. The zero-order valence-electron chi connectivity index (χ0n) is 11.4. The van der Waals surface area contributed by atoms with Crippen LogP contribution in [0.15, 0.2) is 52.1 Å². The minimum absolute atomic E-state index is 0.211. The Morgan fingerprint density at radius 1 is 1.10 bits per heavy atom. The van der Waals surface area contributed by atoms with Gasteiger partial charge in [0.05, 0.1) is 11.3 Å². The Morgan fingerprint density at radius 3 is 2.14 bits per heavy atom. The number of carbonyl (C=O) groups is 1. The summed E-state index contributed by atoms with van der Waals surface area (Å²) >= 11 is 3.01. The molecule has 7 nitrogen and oxygen atoms in total. The van der Waals surface area contributed by atoms with Crippen LogP contribution in [0.1, 0.15) is 10.4 Å². The Bertz CT molecular complexity index is 693. The summed E-state index contributed by atoms with van der Waals surface area (Å²) in [7, 11) is 0. The maximum Gasteiger partial charge on any atom is 0.335 e. The molecule has 1 N–H and O–H groups in total. The van der Waals surface area contributed by atoms with Crippen molar-refractivity contribution in [2.45, 2.75) is 0 Å². The lowest BCUT2D eigenvalue weighted by Gasteiger charge is -1.96. The molecule has 0 fully saturated rings. The fourth-order valence-corrected chi connectivity index (χ4v) is 2.49. The second kappa shape index (κ2) is 7.14. The average molecular weight is 323 g/mol. The van der Waals surface area contributed by atoms with E-state index in [4.69, 9.17) is 5.11 Å². The van der Waals surface area contributed by atoms with E-state index in [-0.39, 0.29) is 5.56 Å². The zero-order valence-corrected chi connectivity index (χ0v) is 13.0. The van der Waals surface area contributed by atoms with Crippen molar-refractivity contribution < 1.29 is 9.90 Å². The maximum atomic E-state index is 10.7. The van der Waals surface area contributed by atoms with Crippen molar-refractivity contribution in [2.75, 3.05) is 12.5 Å². The number of hydrogen-bond donors (Lipinski definition) is 1. The van der Waals surface area contributed by atoms with Crippen molar-refractivity contribution in [3.8, 4) is 0 Å². The molecule has 2 rings (SSSR count). The van der Waals surface area contributed by atoms with Crippen LogP contribution in [-0.2, 0) is 0 Å². The molecule has 0 unspecified atom stereocenters. The first-order chi connectivity index (χ1) is 10.2. The number of nitrogens with zero attached hydrogens (tertiary/aromatic N) is 5. The monoisotopic (exact) mass is 323 g/mol. The third-order valence-corrected chi connectivity index (χ3v) is 3.89. The number of hydrogen-bond acceptors (Lipinski definition) is 5. The zero-order chi connectivity index (χ0) is 15.2. The highest BCUT2D eigenvalue weighted by Crippen LogP contribution is 2.13. The summed E-state index contributed by atoms with van der Waals surface area (Å²) in [6.07, 6.45) is 7.64. The molecule has 0 spiro atoms. The highest BCUT2D eigenvalue weighted by molar-refractivity contribution is 7.97. The van der Waals surface area contributed by atoms with Crippen LogP contribution in [0, 0.1) is 0 Å². The summed E-state index contributed by atoms with van der Waals surface area (Å²) in [5.74, 6) is -0.970. The first kappa shape index (κ1) is 15.4. The smallest absolute Gasteiger partial charge is 0.335 e. The molecule has 0 aliphatic carbocycles. The van der Waals surface area contributed by atoms with Gasteiger partial charge < -0.3 is 5.11 Å². The number of benzene rings is 1. The minimum Gasteiger partial charge on any atom is -0.478 e. The predicted molar refractivity (Wildman–Crippen MR) is 83.7 cm³/mol. The van der Waals surface area contributed by atoms with Gasteiger partial charge >= 0.3 is 5.97 Å². The molecule has 0 amide bonds. The number of imidazole rings is 1. The molecule has 1 aromatic heterocycles. The van der Waals surface area contributed by atoms with Gasteiger partial charge in [0.25, 0.3) is 5.62 Å². The summed E-state index contributed by atoms with van der Waals surface area (Å²) in [5, 5.41) is 20.7. The van der Waals surface area contributed by atoms with E-state index in [9.17, 15) is 4.79 Å². The molecule has 0 aliphatic rings. The van der Waals surface area contributed by atoms with Gasteiger partial charge in [0.1, 0.15) is 0 Å². The molecule has 0 saturated heterocycles. The highest BCUT2D eigenvalue weighted by Gasteiger charge is 2.01. The Hall–Kier alpha value is -2.00. The van der Waals surface area contributed by atoms with Crippen LogP contribution in [-0.4, -0.2) is 31.5 Å². The van der Waals surface area contributed by atoms with Gasteiger partial charge in [0.15, 0.2) is 0 Å². The van der Waals surface area contributed by atoms with E-state index in [0.29, 0.717) is 11.3 Å². The van der Waals surface area contributed by atoms with Crippen LogP contribution in [0.25, 0.3) is 0 Å². The van der Waals surface area contributed by atoms with E-state index in [1.54, 1.807) is 12.1 Å². The predicted octanol–water partition coefficient (Wildman–Crippen LogP) is 2.84. The number of rotatable bonds is 5. The van der Waals surface area contributed by atoms with Crippen LogP contribution in [0.5, 0.6) is 0 Å². The van der Waals surface area contributed by atoms with Gasteiger partial charge in [-0.05, 0) is 53.4 Å². The van der Waals surface area contributed by atoms with Crippen molar-refractivity contribution in [1.29, 1.82) is 0 Å². The second-order valence-electron chi connectivity index (χ2n) is 3.76. The summed E-state index contributed by atoms with van der Waals surface area (Å²) in [6, 6.07) is 6.12. The lowest BCUT2D eigenvalue weighted by Crippen LogP contribution is -2.18. The molecular formula is C12H13N5O2S2. The quantitative estimate of drug-likeness (QED) is 0.677. The van der Waals surface area contributed by atoms with Gasteiger partial charge in [-0.2, -0.15) is 0 Å². The molecule has 0 radical (unpaired) electrons. The fourth-order valence-electron chi connectivity index (χ4n) is 1.51. The average Bonchev–Trinajstić information content (AvgIpc) is 2.90.